The average Bonchev–Trinajstić information content (AvgIpc) is 2.31. The lowest BCUT2D eigenvalue weighted by molar-refractivity contribution is -0.118. The van der Waals surface area contributed by atoms with Crippen molar-refractivity contribution in [2.45, 2.75) is 25.3 Å². The van der Waals surface area contributed by atoms with E-state index in [0.29, 0.717) is 5.69 Å². The maximum Gasteiger partial charge on any atom is 0.247 e. The summed E-state index contributed by atoms with van der Waals surface area (Å²) in [5, 5.41) is 3.04. The van der Waals surface area contributed by atoms with E-state index in [1.807, 2.05) is 4.90 Å². The van der Waals surface area contributed by atoms with E-state index in [0.717, 1.165) is 31.6 Å². The normalized spacial score (nSPS) is 23.4. The quantitative estimate of drug-likeness (QED) is 0.695. The Labute approximate surface area is 97.8 Å². The molecule has 1 amide bonds. The van der Waals surface area contributed by atoms with Crippen molar-refractivity contribution in [3.63, 3.8) is 0 Å². The summed E-state index contributed by atoms with van der Waals surface area (Å²) in [6.07, 6.45) is 4.62. The van der Waals surface area contributed by atoms with Gasteiger partial charge in [-0.3, -0.25) is 4.79 Å². The molecule has 0 unspecified atom stereocenters. The van der Waals surface area contributed by atoms with E-state index in [9.17, 15) is 4.79 Å². The Morgan fingerprint density at radius 1 is 1.50 bits per heavy atom. The first-order chi connectivity index (χ1) is 7.75. The maximum absolute atomic E-state index is 11.8. The highest BCUT2D eigenvalue weighted by atomic mass is 35.5. The Bertz CT molecular complexity index is 450. The van der Waals surface area contributed by atoms with Crippen LogP contribution in [0.2, 0.25) is 5.28 Å². The number of amides is 1. The van der Waals surface area contributed by atoms with Gasteiger partial charge in [-0.15, -0.1) is 0 Å². The first kappa shape index (κ1) is 9.84. The summed E-state index contributed by atoms with van der Waals surface area (Å²) in [7, 11) is 0. The summed E-state index contributed by atoms with van der Waals surface area (Å²) in [6, 6.07) is -0.0905. The van der Waals surface area contributed by atoms with Gasteiger partial charge in [-0.1, -0.05) is 0 Å². The van der Waals surface area contributed by atoms with Gasteiger partial charge in [-0.2, -0.15) is 4.98 Å². The molecule has 1 aromatic rings. The van der Waals surface area contributed by atoms with Gasteiger partial charge in [0.2, 0.25) is 11.2 Å². The van der Waals surface area contributed by atoms with Gasteiger partial charge in [0, 0.05) is 6.54 Å². The second kappa shape index (κ2) is 3.59. The summed E-state index contributed by atoms with van der Waals surface area (Å²) in [4.78, 5) is 21.9. The molecule has 3 heterocycles. The first-order valence-electron chi connectivity index (χ1n) is 5.36. The van der Waals surface area contributed by atoms with E-state index < -0.39 is 0 Å². The van der Waals surface area contributed by atoms with Crippen molar-refractivity contribution in [2.75, 3.05) is 16.8 Å². The summed E-state index contributed by atoms with van der Waals surface area (Å²) in [5.41, 5.74) is 0.660. The fourth-order valence-corrected chi connectivity index (χ4v) is 2.46. The van der Waals surface area contributed by atoms with Gasteiger partial charge in [-0.25, -0.2) is 4.98 Å². The number of carbonyl (C=O) groups excluding carboxylic acids is 1. The lowest BCUT2D eigenvalue weighted by atomic mass is 9.99. The molecule has 2 aliphatic heterocycles. The largest absolute Gasteiger partial charge is 0.343 e. The zero-order valence-corrected chi connectivity index (χ0v) is 9.37. The number of anilines is 2. The fraction of sp³-hybridized carbons (Fsp3) is 0.500. The van der Waals surface area contributed by atoms with Crippen molar-refractivity contribution in [2.24, 2.45) is 0 Å². The molecule has 0 spiro atoms. The average molecular weight is 239 g/mol. The number of halogens is 1. The van der Waals surface area contributed by atoms with E-state index in [1.54, 1.807) is 6.20 Å². The Balaban J connectivity index is 2.07. The molecule has 5 nitrogen and oxygen atoms in total. The highest BCUT2D eigenvalue weighted by Gasteiger charge is 2.35. The van der Waals surface area contributed by atoms with Crippen LogP contribution in [0, 0.1) is 0 Å². The van der Waals surface area contributed by atoms with Gasteiger partial charge < -0.3 is 10.2 Å². The van der Waals surface area contributed by atoms with Crippen LogP contribution in [0.3, 0.4) is 0 Å². The first-order valence-corrected chi connectivity index (χ1v) is 5.73. The van der Waals surface area contributed by atoms with Crippen LogP contribution >= 0.6 is 11.6 Å². The molecule has 6 heteroatoms. The number of rotatable bonds is 0. The molecule has 1 saturated heterocycles. The van der Waals surface area contributed by atoms with Crippen LogP contribution in [0.25, 0.3) is 0 Å². The third-order valence-electron chi connectivity index (χ3n) is 3.07. The lowest BCUT2D eigenvalue weighted by Gasteiger charge is -2.39. The number of nitrogens with zero attached hydrogens (tertiary/aromatic N) is 3. The molecule has 0 saturated carbocycles. The number of hydrogen-bond donors (Lipinski definition) is 1. The van der Waals surface area contributed by atoms with Gasteiger partial charge in [0.1, 0.15) is 11.7 Å². The van der Waals surface area contributed by atoms with E-state index in [-0.39, 0.29) is 17.2 Å². The molecule has 1 atom stereocenters. The van der Waals surface area contributed by atoms with E-state index in [1.165, 1.54) is 0 Å². The summed E-state index contributed by atoms with van der Waals surface area (Å²) in [5.74, 6) is 0.794. The second-order valence-corrected chi connectivity index (χ2v) is 4.41. The molecule has 84 valence electrons. The van der Waals surface area contributed by atoms with Crippen molar-refractivity contribution in [3.05, 3.63) is 11.5 Å². The van der Waals surface area contributed by atoms with Crippen molar-refractivity contribution < 1.29 is 4.79 Å². The number of piperidine rings is 1. The number of nitrogens with one attached hydrogen (secondary N) is 1. The minimum absolute atomic E-state index is 0.0399. The number of aromatic nitrogens is 2. The molecule has 1 fully saturated rings. The minimum atomic E-state index is -0.0905. The zero-order chi connectivity index (χ0) is 11.1. The lowest BCUT2D eigenvalue weighted by Crippen LogP contribution is -2.51. The predicted octanol–water partition coefficient (Wildman–Crippen LogP) is 1.44. The molecule has 0 bridgehead atoms. The topological polar surface area (TPSA) is 58.1 Å². The Morgan fingerprint density at radius 2 is 2.38 bits per heavy atom. The molecule has 1 N–H and O–H groups in total. The Hall–Kier alpha value is -1.36. The minimum Gasteiger partial charge on any atom is -0.343 e. The third-order valence-corrected chi connectivity index (χ3v) is 3.26. The van der Waals surface area contributed by atoms with E-state index >= 15 is 0 Å². The number of hydrogen-bond acceptors (Lipinski definition) is 4. The smallest absolute Gasteiger partial charge is 0.247 e. The van der Waals surface area contributed by atoms with Gasteiger partial charge in [0.15, 0.2) is 5.82 Å². The van der Waals surface area contributed by atoms with Gasteiger partial charge >= 0.3 is 0 Å². The molecule has 0 aliphatic carbocycles. The Kier molecular flexibility index (Phi) is 2.21. The van der Waals surface area contributed by atoms with Crippen LogP contribution in [-0.4, -0.2) is 28.5 Å². The summed E-state index contributed by atoms with van der Waals surface area (Å²) >= 11 is 5.78. The van der Waals surface area contributed by atoms with Crippen LogP contribution < -0.4 is 10.2 Å². The van der Waals surface area contributed by atoms with E-state index in [4.69, 9.17) is 11.6 Å². The standard InChI is InChI=1S/C10H11ClN4O/c11-10-12-5-6-8(14-10)15-4-2-1-3-7(15)9(16)13-6/h5,7H,1-4H2,(H,13,16)/t7-/m1/s1. The highest BCUT2D eigenvalue weighted by molar-refractivity contribution is 6.28. The SMILES string of the molecule is O=C1Nc2cnc(Cl)nc2N2CCCC[C@H]12. The zero-order valence-electron chi connectivity index (χ0n) is 8.61. The molecular weight excluding hydrogens is 228 g/mol. The van der Waals surface area contributed by atoms with Crippen LogP contribution in [0.1, 0.15) is 19.3 Å². The van der Waals surface area contributed by atoms with Crippen molar-refractivity contribution >= 4 is 29.0 Å². The molecule has 0 aromatic carbocycles. The van der Waals surface area contributed by atoms with Crippen LogP contribution in [0.4, 0.5) is 11.5 Å². The molecule has 1 aromatic heterocycles. The molecular formula is C10H11ClN4O. The Morgan fingerprint density at radius 3 is 3.25 bits per heavy atom. The van der Waals surface area contributed by atoms with Gasteiger partial charge in [0.25, 0.3) is 0 Å². The molecule has 0 radical (unpaired) electrons. The molecule has 2 aliphatic rings. The van der Waals surface area contributed by atoms with E-state index in [2.05, 4.69) is 15.3 Å². The van der Waals surface area contributed by atoms with Crippen LogP contribution in [0.15, 0.2) is 6.20 Å². The second-order valence-electron chi connectivity index (χ2n) is 4.07. The molecule has 3 rings (SSSR count). The van der Waals surface area contributed by atoms with Gasteiger partial charge in [-0.05, 0) is 30.9 Å². The number of fused-ring (bicyclic) bond motifs is 3. The summed E-state index contributed by atoms with van der Waals surface area (Å²) in [6.45, 7) is 0.860. The predicted molar refractivity (Wildman–Crippen MR) is 60.7 cm³/mol. The van der Waals surface area contributed by atoms with Gasteiger partial charge in [0.05, 0.1) is 6.20 Å². The third kappa shape index (κ3) is 1.43. The van der Waals surface area contributed by atoms with Crippen LogP contribution in [-0.2, 0) is 4.79 Å². The molecule has 16 heavy (non-hydrogen) atoms. The maximum atomic E-state index is 11.8. The number of carbonyl (C=O) groups is 1. The monoisotopic (exact) mass is 238 g/mol. The van der Waals surface area contributed by atoms with Crippen molar-refractivity contribution in [3.8, 4) is 0 Å². The van der Waals surface area contributed by atoms with Crippen molar-refractivity contribution in [1.29, 1.82) is 0 Å². The highest BCUT2D eigenvalue weighted by Crippen LogP contribution is 2.34. The van der Waals surface area contributed by atoms with Crippen molar-refractivity contribution in [1.82, 2.24) is 9.97 Å². The fourth-order valence-electron chi connectivity index (χ4n) is 2.33. The van der Waals surface area contributed by atoms with Crippen LogP contribution in [0.5, 0.6) is 0 Å². The summed E-state index contributed by atoms with van der Waals surface area (Å²) < 4.78 is 0.